The number of aliphatic hydroxyl groups is 1. The molecule has 0 aromatic carbocycles. The number of carbonyl (C=O) groups excluding carboxylic acids is 3. The van der Waals surface area contributed by atoms with E-state index in [9.17, 15) is 19.5 Å². The van der Waals surface area contributed by atoms with E-state index >= 15 is 0 Å². The predicted octanol–water partition coefficient (Wildman–Crippen LogP) is 3.85. The molecular weight excluding hydrogens is 606 g/mol. The number of likely N-dealkylation sites (N-methyl/N-ethyl adjacent to an activating group) is 1. The molecule has 0 spiro atoms. The zero-order valence-corrected chi connectivity index (χ0v) is 30.7. The van der Waals surface area contributed by atoms with Crippen LogP contribution >= 0.6 is 0 Å². The molecule has 4 aliphatic rings. The van der Waals surface area contributed by atoms with Crippen molar-refractivity contribution in [2.45, 2.75) is 148 Å². The molecule has 12 heteroatoms. The Hall–Kier alpha value is -2.12. The minimum absolute atomic E-state index is 0.184. The molecule has 0 radical (unpaired) electrons. The summed E-state index contributed by atoms with van der Waals surface area (Å²) in [6.07, 6.45) is -3.01. The number of aliphatic hydroxyl groups excluding tert-OH is 1. The van der Waals surface area contributed by atoms with E-state index in [2.05, 4.69) is 13.8 Å². The first kappa shape index (κ1) is 37.7. The smallest absolute Gasteiger partial charge is 0.411 e. The molecule has 3 saturated heterocycles. The second-order valence-electron chi connectivity index (χ2n) is 15.8. The summed E-state index contributed by atoms with van der Waals surface area (Å²) in [6, 6.07) is -0.697. The minimum Gasteiger partial charge on any atom is -0.458 e. The number of nitrogens with zero attached hydrogens (tertiary/aromatic N) is 3. The third kappa shape index (κ3) is 7.00. The maximum absolute atomic E-state index is 14.2. The van der Waals surface area contributed by atoms with E-state index in [1.54, 1.807) is 18.9 Å². The van der Waals surface area contributed by atoms with Crippen LogP contribution in [-0.2, 0) is 33.3 Å². The molecule has 47 heavy (non-hydrogen) atoms. The molecule has 4 aliphatic heterocycles. The van der Waals surface area contributed by atoms with Crippen LogP contribution in [0.2, 0.25) is 0 Å². The minimum atomic E-state index is -1.18. The first-order valence-electron chi connectivity index (χ1n) is 17.2. The second-order valence-corrected chi connectivity index (χ2v) is 15.8. The summed E-state index contributed by atoms with van der Waals surface area (Å²) < 4.78 is 31.3. The molecule has 3 fully saturated rings. The van der Waals surface area contributed by atoms with Gasteiger partial charge in [0.2, 0.25) is 0 Å². The summed E-state index contributed by atoms with van der Waals surface area (Å²) in [7, 11) is 5.39. The third-order valence-electron chi connectivity index (χ3n) is 11.2. The molecule has 12 nitrogen and oxygen atoms in total. The Balaban J connectivity index is 1.86. The van der Waals surface area contributed by atoms with Crippen LogP contribution in [-0.4, -0.2) is 126 Å². The maximum Gasteiger partial charge on any atom is 0.411 e. The van der Waals surface area contributed by atoms with E-state index in [1.807, 2.05) is 60.5 Å². The number of rotatable bonds is 5. The van der Waals surface area contributed by atoms with Crippen molar-refractivity contribution in [1.29, 1.82) is 0 Å². The Morgan fingerprint density at radius 2 is 1.68 bits per heavy atom. The van der Waals surface area contributed by atoms with Gasteiger partial charge in [-0.25, -0.2) is 4.79 Å². The molecular formula is C35H59N3O9. The van der Waals surface area contributed by atoms with Crippen molar-refractivity contribution in [2.24, 2.45) is 28.7 Å². The Labute approximate surface area is 280 Å². The van der Waals surface area contributed by atoms with E-state index in [0.717, 1.165) is 5.71 Å². The molecule has 1 unspecified atom stereocenters. The molecule has 4 heterocycles. The van der Waals surface area contributed by atoms with Gasteiger partial charge in [0.25, 0.3) is 0 Å². The molecule has 268 valence electrons. The van der Waals surface area contributed by atoms with Crippen molar-refractivity contribution in [2.75, 3.05) is 27.7 Å². The number of esters is 1. The number of Topliss-reactive ketones (excluding diaryl/α,β-unsaturated/α-hetero) is 1. The van der Waals surface area contributed by atoms with Crippen molar-refractivity contribution in [1.82, 2.24) is 9.80 Å². The van der Waals surface area contributed by atoms with Crippen LogP contribution in [0.4, 0.5) is 4.79 Å². The number of carbonyl (C=O) groups is 3. The highest BCUT2D eigenvalue weighted by Gasteiger charge is 2.61. The standard InChI is InChI=1S/C35H59N3O9/c1-14-24-35(10)28-20(4)25(36-33(7,8)17-38(28)32(42)47-35)18(2)16-34(9,43-13)29(21(5)26(39)22(6)30(41)45-24)46-31-27(40)23(37(11)12)15-19(3)44-31/h18-24,27-29,31,40H,14-17H2,1-13H3/t18-,19-,20+,21+,22-,23+,24?,27-,28-,29-,31+,34-,35-/m1/s1. The van der Waals surface area contributed by atoms with Gasteiger partial charge in [0.05, 0.1) is 29.4 Å². The molecule has 0 aromatic rings. The van der Waals surface area contributed by atoms with E-state index in [-0.39, 0.29) is 29.8 Å². The molecule has 1 amide bonds. The van der Waals surface area contributed by atoms with Gasteiger partial charge >= 0.3 is 12.1 Å². The van der Waals surface area contributed by atoms with Gasteiger partial charge in [-0.1, -0.05) is 27.7 Å². The Morgan fingerprint density at radius 1 is 1.04 bits per heavy atom. The van der Waals surface area contributed by atoms with Crippen molar-refractivity contribution in [3.63, 3.8) is 0 Å². The Bertz CT molecular complexity index is 1220. The van der Waals surface area contributed by atoms with Gasteiger partial charge in [-0.15, -0.1) is 0 Å². The van der Waals surface area contributed by atoms with Gasteiger partial charge in [0, 0.05) is 37.2 Å². The average molecular weight is 666 g/mol. The van der Waals surface area contributed by atoms with Crippen LogP contribution in [0.1, 0.15) is 88.5 Å². The zero-order valence-electron chi connectivity index (χ0n) is 30.7. The summed E-state index contributed by atoms with van der Waals surface area (Å²) in [5.74, 6) is -3.52. The van der Waals surface area contributed by atoms with Gasteiger partial charge in [-0.05, 0) is 80.8 Å². The predicted molar refractivity (Wildman–Crippen MR) is 176 cm³/mol. The topological polar surface area (TPSA) is 136 Å². The lowest BCUT2D eigenvalue weighted by Gasteiger charge is -2.47. The van der Waals surface area contributed by atoms with Crippen LogP contribution < -0.4 is 0 Å². The first-order chi connectivity index (χ1) is 21.7. The molecule has 0 aliphatic carbocycles. The highest BCUT2D eigenvalue weighted by Crippen LogP contribution is 2.45. The Morgan fingerprint density at radius 3 is 2.26 bits per heavy atom. The fourth-order valence-electron chi connectivity index (χ4n) is 8.67. The molecule has 0 aromatic heterocycles. The first-order valence-corrected chi connectivity index (χ1v) is 17.2. The van der Waals surface area contributed by atoms with Gasteiger partial charge in [-0.2, -0.15) is 0 Å². The highest BCUT2D eigenvalue weighted by molar-refractivity contribution is 6.00. The number of fused-ring (bicyclic) bond motifs is 1. The van der Waals surface area contributed by atoms with Crippen LogP contribution in [0.15, 0.2) is 4.99 Å². The third-order valence-corrected chi connectivity index (χ3v) is 11.2. The largest absolute Gasteiger partial charge is 0.458 e. The van der Waals surface area contributed by atoms with Crippen LogP contribution in [0.3, 0.4) is 0 Å². The number of methoxy groups -OCH3 is 1. The quantitative estimate of drug-likeness (QED) is 0.341. The lowest BCUT2D eigenvalue weighted by molar-refractivity contribution is -0.295. The maximum atomic E-state index is 14.2. The van der Waals surface area contributed by atoms with Crippen molar-refractivity contribution >= 4 is 23.6 Å². The molecule has 13 atom stereocenters. The number of amides is 1. The van der Waals surface area contributed by atoms with E-state index < -0.39 is 71.3 Å². The fraction of sp³-hybridized carbons (Fsp3) is 0.886. The lowest BCUT2D eigenvalue weighted by Crippen LogP contribution is -2.60. The molecule has 0 saturated carbocycles. The van der Waals surface area contributed by atoms with Crippen LogP contribution in [0, 0.1) is 23.7 Å². The van der Waals surface area contributed by atoms with Gasteiger partial charge in [0.1, 0.15) is 18.1 Å². The summed E-state index contributed by atoms with van der Waals surface area (Å²) in [4.78, 5) is 50.4. The van der Waals surface area contributed by atoms with Crippen LogP contribution in [0.5, 0.6) is 0 Å². The van der Waals surface area contributed by atoms with Crippen molar-refractivity contribution in [3.05, 3.63) is 0 Å². The highest BCUT2D eigenvalue weighted by atomic mass is 16.7. The lowest BCUT2D eigenvalue weighted by atomic mass is 9.73. The SMILES string of the molecule is CCC1OC(=O)[C@H](C)C(=O)[C@H](C)[C@@H](O[C@@H]2O[C@H](C)C[C@H](N(C)C)[C@H]2O)[C@](C)(OC)C[C@@H](C)C2=NC(C)(C)CN3C(=O)O[C@@]1(C)[C@H]3[C@H]2C. The average Bonchev–Trinajstić information content (AvgIpc) is 3.17. The summed E-state index contributed by atoms with van der Waals surface area (Å²) in [6.45, 7) is 19.3. The monoisotopic (exact) mass is 665 g/mol. The summed E-state index contributed by atoms with van der Waals surface area (Å²) in [5.41, 5.74) is -2.01. The Kier molecular flexibility index (Phi) is 10.9. The summed E-state index contributed by atoms with van der Waals surface area (Å²) >= 11 is 0. The molecule has 2 bridgehead atoms. The molecule has 1 N–H and O–H groups in total. The fourth-order valence-corrected chi connectivity index (χ4v) is 8.67. The van der Waals surface area contributed by atoms with Gasteiger partial charge < -0.3 is 33.7 Å². The van der Waals surface area contributed by atoms with E-state index in [1.165, 1.54) is 6.92 Å². The van der Waals surface area contributed by atoms with Gasteiger partial charge in [0.15, 0.2) is 17.7 Å². The second kappa shape index (κ2) is 13.7. The number of ether oxygens (including phenoxy) is 5. The molecule has 4 rings (SSSR count). The number of cyclic esters (lactones) is 1. The number of ketones is 1. The zero-order chi connectivity index (χ0) is 35.4. The van der Waals surface area contributed by atoms with E-state index in [0.29, 0.717) is 25.8 Å². The van der Waals surface area contributed by atoms with E-state index in [4.69, 9.17) is 28.7 Å². The number of aliphatic imine (C=N–C) groups is 1. The van der Waals surface area contributed by atoms with Crippen molar-refractivity contribution in [3.8, 4) is 0 Å². The van der Waals surface area contributed by atoms with Gasteiger partial charge in [-0.3, -0.25) is 19.5 Å². The number of hydrogen-bond donors (Lipinski definition) is 1. The van der Waals surface area contributed by atoms with Crippen molar-refractivity contribution < 1.29 is 43.2 Å². The summed E-state index contributed by atoms with van der Waals surface area (Å²) in [5, 5.41) is 11.4. The van der Waals surface area contributed by atoms with Crippen LogP contribution in [0.25, 0.3) is 0 Å². The number of hydrogen-bond acceptors (Lipinski definition) is 11. The normalized spacial score (nSPS) is 44.7.